The van der Waals surface area contributed by atoms with Crippen molar-refractivity contribution >= 4 is 34.0 Å². The molecular weight excluding hydrogens is 493 g/mol. The van der Waals surface area contributed by atoms with Crippen LogP contribution in [0.5, 0.6) is 0 Å². The summed E-state index contributed by atoms with van der Waals surface area (Å²) < 4.78 is 15.9. The summed E-state index contributed by atoms with van der Waals surface area (Å²) in [6.45, 7) is 2.47. The number of nitrogens with two attached hydrogens (primary N) is 2. The molecule has 6 rings (SSSR count). The highest BCUT2D eigenvalue weighted by molar-refractivity contribution is 6.02. The Bertz CT molecular complexity index is 1540. The van der Waals surface area contributed by atoms with Gasteiger partial charge in [0.15, 0.2) is 5.67 Å². The Labute approximate surface area is 226 Å². The highest BCUT2D eigenvalue weighted by Gasteiger charge is 2.44. The molecule has 0 spiro atoms. The summed E-state index contributed by atoms with van der Waals surface area (Å²) in [5.74, 6) is -0.172. The van der Waals surface area contributed by atoms with Crippen LogP contribution in [-0.4, -0.2) is 62.5 Å². The summed E-state index contributed by atoms with van der Waals surface area (Å²) in [7, 11) is 0. The molecule has 1 saturated heterocycles. The van der Waals surface area contributed by atoms with Gasteiger partial charge in [0, 0.05) is 91.2 Å². The number of hydrogen-bond donors (Lipinski definition) is 3. The van der Waals surface area contributed by atoms with Gasteiger partial charge in [0.25, 0.3) is 5.91 Å². The van der Waals surface area contributed by atoms with Crippen LogP contribution < -0.4 is 11.5 Å². The Morgan fingerprint density at radius 1 is 1.00 bits per heavy atom. The van der Waals surface area contributed by atoms with Crippen LogP contribution in [0.1, 0.15) is 30.4 Å². The number of amides is 1. The molecule has 0 aliphatic carbocycles. The number of alkyl halides is 1. The molecule has 0 saturated carbocycles. The molecule has 8 nitrogen and oxygen atoms in total. The minimum atomic E-state index is -1.84. The van der Waals surface area contributed by atoms with E-state index in [9.17, 15) is 4.79 Å². The molecule has 2 aliphatic heterocycles. The Balaban J connectivity index is 1.17. The van der Waals surface area contributed by atoms with E-state index in [1.54, 1.807) is 17.3 Å². The van der Waals surface area contributed by atoms with Gasteiger partial charge in [-0.3, -0.25) is 9.69 Å². The van der Waals surface area contributed by atoms with E-state index in [4.69, 9.17) is 11.5 Å². The SMILES string of the molecule is Nc1ncc(CN2CCC(F)(C(=O)N3CC=C(c4c(-c5ccccc5N)[nH]c5ccccc45)CC3)CC2)cn1. The number of para-hydroxylation sites is 2. The summed E-state index contributed by atoms with van der Waals surface area (Å²) in [6.07, 6.45) is 6.44. The third-order valence-corrected chi connectivity index (χ3v) is 7.92. The number of H-pyrrole nitrogens is 1. The number of aromatic amines is 1. The number of nitrogens with zero attached hydrogens (tertiary/aromatic N) is 4. The lowest BCUT2D eigenvalue weighted by molar-refractivity contribution is -0.147. The molecule has 4 heterocycles. The number of aromatic nitrogens is 3. The monoisotopic (exact) mass is 525 g/mol. The molecule has 39 heavy (non-hydrogen) atoms. The fourth-order valence-corrected chi connectivity index (χ4v) is 5.75. The molecule has 2 aliphatic rings. The number of likely N-dealkylation sites (tertiary alicyclic amines) is 1. The molecule has 0 atom stereocenters. The zero-order chi connectivity index (χ0) is 27.0. The highest BCUT2D eigenvalue weighted by atomic mass is 19.1. The Morgan fingerprint density at radius 3 is 2.44 bits per heavy atom. The number of hydrogen-bond acceptors (Lipinski definition) is 6. The van der Waals surface area contributed by atoms with E-state index >= 15 is 4.39 Å². The van der Waals surface area contributed by atoms with Crippen molar-refractivity contribution in [2.75, 3.05) is 37.6 Å². The maximum absolute atomic E-state index is 15.9. The van der Waals surface area contributed by atoms with Crippen LogP contribution in [0, 0.1) is 0 Å². The van der Waals surface area contributed by atoms with Crippen LogP contribution in [0.15, 0.2) is 67.0 Å². The smallest absolute Gasteiger partial charge is 0.260 e. The van der Waals surface area contributed by atoms with Gasteiger partial charge >= 0.3 is 0 Å². The molecule has 0 radical (unpaired) electrons. The lowest BCUT2D eigenvalue weighted by Gasteiger charge is -2.39. The third-order valence-electron chi connectivity index (χ3n) is 7.92. The average molecular weight is 526 g/mol. The van der Waals surface area contributed by atoms with Gasteiger partial charge in [-0.2, -0.15) is 0 Å². The Morgan fingerprint density at radius 2 is 1.72 bits per heavy atom. The molecular formula is C30H32FN7O. The van der Waals surface area contributed by atoms with Gasteiger partial charge in [-0.05, 0) is 24.1 Å². The largest absolute Gasteiger partial charge is 0.398 e. The number of rotatable bonds is 5. The zero-order valence-electron chi connectivity index (χ0n) is 21.7. The first kappa shape index (κ1) is 25.1. The van der Waals surface area contributed by atoms with Crippen molar-refractivity contribution in [3.8, 4) is 11.3 Å². The second-order valence-corrected chi connectivity index (χ2v) is 10.4. The molecule has 9 heteroatoms. The highest BCUT2D eigenvalue weighted by Crippen LogP contribution is 2.40. The Kier molecular flexibility index (Phi) is 6.52. The normalized spacial score (nSPS) is 17.8. The lowest BCUT2D eigenvalue weighted by Crippen LogP contribution is -2.53. The van der Waals surface area contributed by atoms with Gasteiger partial charge in [0.1, 0.15) is 0 Å². The van der Waals surface area contributed by atoms with Gasteiger partial charge < -0.3 is 21.4 Å². The summed E-state index contributed by atoms with van der Waals surface area (Å²) in [5.41, 5.74) is 16.9. The predicted molar refractivity (Wildman–Crippen MR) is 152 cm³/mol. The standard InChI is InChI=1S/C30H32FN7O/c31-30(11-15-37(16-12-30)19-20-17-34-29(33)35-18-20)28(39)38-13-9-21(10-14-38)26-23-6-2-4-8-25(23)36-27(26)22-5-1-3-7-24(22)32/h1-9,17-18,36H,10-16,19,32H2,(H2,33,34,35). The maximum atomic E-state index is 15.9. The molecule has 2 aromatic heterocycles. The molecule has 200 valence electrons. The van der Waals surface area contributed by atoms with Crippen LogP contribution in [0.3, 0.4) is 0 Å². The van der Waals surface area contributed by atoms with Crippen LogP contribution >= 0.6 is 0 Å². The van der Waals surface area contributed by atoms with Gasteiger partial charge in [-0.25, -0.2) is 14.4 Å². The zero-order valence-corrected chi connectivity index (χ0v) is 21.7. The summed E-state index contributed by atoms with van der Waals surface area (Å²) in [6, 6.07) is 16.0. The fraction of sp³-hybridized carbons (Fsp3) is 0.300. The molecule has 4 aromatic rings. The first-order valence-corrected chi connectivity index (χ1v) is 13.3. The molecule has 2 aromatic carbocycles. The van der Waals surface area contributed by atoms with Gasteiger partial charge in [0.2, 0.25) is 5.95 Å². The molecule has 0 bridgehead atoms. The van der Waals surface area contributed by atoms with Crippen LogP contribution in [0.2, 0.25) is 0 Å². The van der Waals surface area contributed by atoms with Crippen molar-refractivity contribution in [2.24, 2.45) is 0 Å². The summed E-state index contributed by atoms with van der Waals surface area (Å²) in [4.78, 5) is 28.8. The number of halogens is 1. The van der Waals surface area contributed by atoms with Crippen molar-refractivity contribution in [1.29, 1.82) is 0 Å². The first-order valence-electron chi connectivity index (χ1n) is 13.3. The van der Waals surface area contributed by atoms with E-state index in [1.807, 2.05) is 36.4 Å². The average Bonchev–Trinajstić information content (AvgIpc) is 3.35. The minimum Gasteiger partial charge on any atom is -0.398 e. The van der Waals surface area contributed by atoms with E-state index in [0.717, 1.165) is 38.9 Å². The van der Waals surface area contributed by atoms with Crippen molar-refractivity contribution < 1.29 is 9.18 Å². The third kappa shape index (κ3) is 4.85. The molecule has 1 fully saturated rings. The number of nitrogens with one attached hydrogen (secondary N) is 1. The quantitative estimate of drug-likeness (QED) is 0.332. The van der Waals surface area contributed by atoms with Crippen molar-refractivity contribution in [3.63, 3.8) is 0 Å². The number of nitrogen functional groups attached to an aromatic ring is 2. The van der Waals surface area contributed by atoms with E-state index in [0.29, 0.717) is 44.8 Å². The van der Waals surface area contributed by atoms with E-state index < -0.39 is 11.6 Å². The topological polar surface area (TPSA) is 117 Å². The summed E-state index contributed by atoms with van der Waals surface area (Å²) in [5, 5.41) is 1.11. The minimum absolute atomic E-state index is 0.175. The maximum Gasteiger partial charge on any atom is 0.260 e. The second-order valence-electron chi connectivity index (χ2n) is 10.4. The lowest BCUT2D eigenvalue weighted by atomic mass is 9.89. The summed E-state index contributed by atoms with van der Waals surface area (Å²) >= 11 is 0. The first-order chi connectivity index (χ1) is 18.9. The Hall–Kier alpha value is -4.24. The van der Waals surface area contributed by atoms with Crippen LogP contribution in [-0.2, 0) is 11.3 Å². The van der Waals surface area contributed by atoms with Gasteiger partial charge in [-0.1, -0.05) is 42.5 Å². The van der Waals surface area contributed by atoms with Crippen LogP contribution in [0.4, 0.5) is 16.0 Å². The molecule has 5 N–H and O–H groups in total. The second kappa shape index (κ2) is 10.1. The number of carbonyl (C=O) groups is 1. The van der Waals surface area contributed by atoms with Crippen molar-refractivity contribution in [3.05, 3.63) is 78.1 Å². The number of anilines is 2. The fourth-order valence-electron chi connectivity index (χ4n) is 5.75. The van der Waals surface area contributed by atoms with Crippen molar-refractivity contribution in [1.82, 2.24) is 24.8 Å². The van der Waals surface area contributed by atoms with E-state index in [2.05, 4.69) is 38.1 Å². The predicted octanol–water partition coefficient (Wildman–Crippen LogP) is 4.41. The number of fused-ring (bicyclic) bond motifs is 1. The number of carbonyl (C=O) groups excluding carboxylic acids is 1. The van der Waals surface area contributed by atoms with Crippen molar-refractivity contribution in [2.45, 2.75) is 31.5 Å². The number of benzene rings is 2. The van der Waals surface area contributed by atoms with Gasteiger partial charge in [-0.15, -0.1) is 0 Å². The van der Waals surface area contributed by atoms with E-state index in [1.165, 1.54) is 0 Å². The number of piperidine rings is 1. The van der Waals surface area contributed by atoms with Gasteiger partial charge in [0.05, 0.1) is 5.69 Å². The van der Waals surface area contributed by atoms with E-state index in [-0.39, 0.29) is 18.8 Å². The van der Waals surface area contributed by atoms with Crippen LogP contribution in [0.25, 0.3) is 27.7 Å². The molecule has 1 amide bonds. The molecule has 0 unspecified atom stereocenters.